The fourth-order valence-electron chi connectivity index (χ4n) is 2.52. The highest BCUT2D eigenvalue weighted by Crippen LogP contribution is 2.16. The first-order chi connectivity index (χ1) is 10.4. The quantitative estimate of drug-likeness (QED) is 0.885. The van der Waals surface area contributed by atoms with E-state index in [1.807, 2.05) is 6.92 Å². The van der Waals surface area contributed by atoms with Gasteiger partial charge in [-0.05, 0) is 50.5 Å². The molecule has 0 saturated carbocycles. The van der Waals surface area contributed by atoms with Crippen LogP contribution in [0.3, 0.4) is 0 Å². The molecule has 1 atom stereocenters. The summed E-state index contributed by atoms with van der Waals surface area (Å²) in [4.78, 5) is 14.2. The molecule has 1 heterocycles. The van der Waals surface area contributed by atoms with E-state index in [9.17, 15) is 13.2 Å². The fraction of sp³-hybridized carbons (Fsp3) is 0.533. The van der Waals surface area contributed by atoms with Crippen molar-refractivity contribution in [3.05, 3.63) is 29.8 Å². The van der Waals surface area contributed by atoms with Crippen molar-refractivity contribution in [3.63, 3.8) is 0 Å². The van der Waals surface area contributed by atoms with Crippen molar-refractivity contribution in [1.82, 2.24) is 4.90 Å². The van der Waals surface area contributed by atoms with Crippen LogP contribution in [-0.2, 0) is 14.8 Å². The molecule has 2 rings (SSSR count). The summed E-state index contributed by atoms with van der Waals surface area (Å²) in [6, 6.07) is 5.69. The summed E-state index contributed by atoms with van der Waals surface area (Å²) >= 11 is 0. The molecule has 1 saturated heterocycles. The highest BCUT2D eigenvalue weighted by Gasteiger charge is 2.21. The van der Waals surface area contributed by atoms with Crippen molar-refractivity contribution in [2.75, 3.05) is 19.7 Å². The van der Waals surface area contributed by atoms with Gasteiger partial charge in [-0.2, -0.15) is 0 Å². The third-order valence-electron chi connectivity index (χ3n) is 3.80. The first-order valence-corrected chi connectivity index (χ1v) is 9.00. The van der Waals surface area contributed by atoms with E-state index >= 15 is 0 Å². The molecule has 1 amide bonds. The Bertz CT molecular complexity index is 607. The smallest absolute Gasteiger partial charge is 0.253 e. The molecule has 1 aromatic rings. The van der Waals surface area contributed by atoms with Crippen LogP contribution >= 0.6 is 0 Å². The van der Waals surface area contributed by atoms with E-state index in [1.54, 1.807) is 4.90 Å². The number of amides is 1. The summed E-state index contributed by atoms with van der Waals surface area (Å²) in [5, 5.41) is 5.05. The van der Waals surface area contributed by atoms with Gasteiger partial charge in [0.2, 0.25) is 10.0 Å². The lowest BCUT2D eigenvalue weighted by atomic mass is 10.1. The van der Waals surface area contributed by atoms with Crippen molar-refractivity contribution < 1.29 is 17.9 Å². The number of ether oxygens (including phenoxy) is 1. The van der Waals surface area contributed by atoms with Gasteiger partial charge in [-0.15, -0.1) is 0 Å². The second-order valence-electron chi connectivity index (χ2n) is 5.40. The lowest BCUT2D eigenvalue weighted by Crippen LogP contribution is -2.39. The maximum atomic E-state index is 12.5. The largest absolute Gasteiger partial charge is 0.376 e. The minimum absolute atomic E-state index is 0.00251. The topological polar surface area (TPSA) is 89.7 Å². The van der Waals surface area contributed by atoms with Crippen LogP contribution in [0.5, 0.6) is 0 Å². The zero-order chi connectivity index (χ0) is 16.2. The molecule has 122 valence electrons. The molecule has 22 heavy (non-hydrogen) atoms. The van der Waals surface area contributed by atoms with E-state index in [-0.39, 0.29) is 16.9 Å². The van der Waals surface area contributed by atoms with Crippen LogP contribution in [0.25, 0.3) is 0 Å². The Balaban J connectivity index is 2.07. The zero-order valence-corrected chi connectivity index (χ0v) is 13.5. The Labute approximate surface area is 131 Å². The van der Waals surface area contributed by atoms with E-state index in [4.69, 9.17) is 9.88 Å². The van der Waals surface area contributed by atoms with Gasteiger partial charge in [0.25, 0.3) is 5.91 Å². The number of hydrogen-bond acceptors (Lipinski definition) is 4. The SMILES string of the molecule is CCN(C[C@H]1CCCCO1)C(=O)c1ccc(S(N)(=O)=O)cc1. The van der Waals surface area contributed by atoms with Crippen LogP contribution in [0.1, 0.15) is 36.5 Å². The summed E-state index contributed by atoms with van der Waals surface area (Å²) < 4.78 is 28.1. The minimum atomic E-state index is -3.74. The van der Waals surface area contributed by atoms with E-state index < -0.39 is 10.0 Å². The molecule has 6 nitrogen and oxygen atoms in total. The number of benzene rings is 1. The molecule has 0 spiro atoms. The second-order valence-corrected chi connectivity index (χ2v) is 6.96. The Kier molecular flexibility index (Phi) is 5.55. The maximum Gasteiger partial charge on any atom is 0.253 e. The van der Waals surface area contributed by atoms with Crippen molar-refractivity contribution in [2.24, 2.45) is 5.14 Å². The molecule has 1 aliphatic heterocycles. The third-order valence-corrected chi connectivity index (χ3v) is 4.73. The summed E-state index contributed by atoms with van der Waals surface area (Å²) in [6.07, 6.45) is 3.25. The summed E-state index contributed by atoms with van der Waals surface area (Å²) in [6.45, 7) is 3.81. The molecule has 0 aromatic heterocycles. The summed E-state index contributed by atoms with van der Waals surface area (Å²) in [5.74, 6) is -0.127. The first-order valence-electron chi connectivity index (χ1n) is 7.45. The van der Waals surface area contributed by atoms with Gasteiger partial charge in [0.05, 0.1) is 11.0 Å². The van der Waals surface area contributed by atoms with Gasteiger partial charge >= 0.3 is 0 Å². The van der Waals surface area contributed by atoms with Crippen molar-refractivity contribution in [2.45, 2.75) is 37.2 Å². The van der Waals surface area contributed by atoms with Crippen LogP contribution in [0.2, 0.25) is 0 Å². The molecule has 2 N–H and O–H groups in total. The van der Waals surface area contributed by atoms with Gasteiger partial charge in [-0.3, -0.25) is 4.79 Å². The lowest BCUT2D eigenvalue weighted by Gasteiger charge is -2.29. The molecule has 1 aliphatic rings. The number of sulfonamides is 1. The van der Waals surface area contributed by atoms with Gasteiger partial charge in [-0.1, -0.05) is 0 Å². The van der Waals surface area contributed by atoms with Crippen molar-refractivity contribution in [1.29, 1.82) is 0 Å². The number of nitrogens with zero attached hydrogens (tertiary/aromatic N) is 1. The number of nitrogens with two attached hydrogens (primary N) is 1. The number of rotatable bonds is 5. The van der Waals surface area contributed by atoms with Gasteiger partial charge < -0.3 is 9.64 Å². The molecule has 0 unspecified atom stereocenters. The van der Waals surface area contributed by atoms with E-state index in [0.29, 0.717) is 18.7 Å². The van der Waals surface area contributed by atoms with Gasteiger partial charge in [0.1, 0.15) is 0 Å². The monoisotopic (exact) mass is 326 g/mol. The minimum Gasteiger partial charge on any atom is -0.376 e. The molecule has 1 fully saturated rings. The van der Waals surface area contributed by atoms with Crippen molar-refractivity contribution in [3.8, 4) is 0 Å². The Morgan fingerprint density at radius 2 is 2.00 bits per heavy atom. The average Bonchev–Trinajstić information content (AvgIpc) is 2.52. The van der Waals surface area contributed by atoms with Gasteiger partial charge in [0.15, 0.2) is 0 Å². The van der Waals surface area contributed by atoms with Crippen LogP contribution in [-0.4, -0.2) is 45.0 Å². The maximum absolute atomic E-state index is 12.5. The van der Waals surface area contributed by atoms with E-state index in [0.717, 1.165) is 25.9 Å². The van der Waals surface area contributed by atoms with Gasteiger partial charge in [0, 0.05) is 25.3 Å². The predicted octanol–water partition coefficient (Wildman–Crippen LogP) is 1.37. The number of carbonyl (C=O) groups is 1. The van der Waals surface area contributed by atoms with E-state index in [1.165, 1.54) is 24.3 Å². The summed E-state index contributed by atoms with van der Waals surface area (Å²) in [7, 11) is -3.74. The number of hydrogen-bond donors (Lipinski definition) is 1. The molecule has 0 radical (unpaired) electrons. The van der Waals surface area contributed by atoms with Crippen molar-refractivity contribution >= 4 is 15.9 Å². The number of likely N-dealkylation sites (N-methyl/N-ethyl adjacent to an activating group) is 1. The molecular weight excluding hydrogens is 304 g/mol. The first kappa shape index (κ1) is 16.9. The van der Waals surface area contributed by atoms with Crippen LogP contribution < -0.4 is 5.14 Å². The highest BCUT2D eigenvalue weighted by atomic mass is 32.2. The lowest BCUT2D eigenvalue weighted by molar-refractivity contribution is -0.00311. The van der Waals surface area contributed by atoms with Crippen LogP contribution in [0.4, 0.5) is 0 Å². The predicted molar refractivity (Wildman–Crippen MR) is 83.0 cm³/mol. The molecule has 0 bridgehead atoms. The number of carbonyl (C=O) groups excluding carboxylic acids is 1. The standard InChI is InChI=1S/C15H22N2O4S/c1-2-17(11-13-5-3-4-10-21-13)15(18)12-6-8-14(9-7-12)22(16,19)20/h6-9,13H,2-5,10-11H2,1H3,(H2,16,19,20)/t13-/m1/s1. The molecule has 7 heteroatoms. The number of primary sulfonamides is 1. The molecular formula is C15H22N2O4S. The van der Waals surface area contributed by atoms with Crippen LogP contribution in [0.15, 0.2) is 29.2 Å². The average molecular weight is 326 g/mol. The second kappa shape index (κ2) is 7.21. The normalized spacial score (nSPS) is 18.9. The third kappa shape index (κ3) is 4.28. The van der Waals surface area contributed by atoms with Gasteiger partial charge in [-0.25, -0.2) is 13.6 Å². The molecule has 1 aromatic carbocycles. The summed E-state index contributed by atoms with van der Waals surface area (Å²) in [5.41, 5.74) is 0.449. The fourth-order valence-corrected chi connectivity index (χ4v) is 3.04. The molecule has 0 aliphatic carbocycles. The zero-order valence-electron chi connectivity index (χ0n) is 12.7. The van der Waals surface area contributed by atoms with Crippen LogP contribution in [0, 0.1) is 0 Å². The Hall–Kier alpha value is -1.44. The van der Waals surface area contributed by atoms with E-state index in [2.05, 4.69) is 0 Å². The highest BCUT2D eigenvalue weighted by molar-refractivity contribution is 7.89. The Morgan fingerprint density at radius 3 is 2.50 bits per heavy atom. The Morgan fingerprint density at radius 1 is 1.32 bits per heavy atom.